The molecule has 142 valence electrons. The van der Waals surface area contributed by atoms with E-state index in [1.54, 1.807) is 47.5 Å². The fourth-order valence-electron chi connectivity index (χ4n) is 3.70. The van der Waals surface area contributed by atoms with Crippen LogP contribution in [0.5, 0.6) is 5.75 Å². The van der Waals surface area contributed by atoms with E-state index in [9.17, 15) is 13.2 Å². The highest BCUT2D eigenvalue weighted by atomic mass is 32.2. The van der Waals surface area contributed by atoms with E-state index in [1.807, 2.05) is 6.07 Å². The number of carbonyl (C=O) groups is 1. The minimum atomic E-state index is -3.75. The van der Waals surface area contributed by atoms with Crippen molar-refractivity contribution in [1.29, 1.82) is 0 Å². The molecule has 27 heavy (non-hydrogen) atoms. The number of benzene rings is 1. The molecule has 1 unspecified atom stereocenters. The number of fused-ring (bicyclic) bond motifs is 1. The van der Waals surface area contributed by atoms with Crippen LogP contribution in [0.2, 0.25) is 0 Å². The van der Waals surface area contributed by atoms with Crippen LogP contribution in [0.3, 0.4) is 0 Å². The number of carbonyl (C=O) groups excluding carboxylic acids is 1. The average molecular weight is 387 g/mol. The molecule has 1 saturated heterocycles. The molecule has 8 heteroatoms. The topological polar surface area (TPSA) is 79.8 Å². The lowest BCUT2D eigenvalue weighted by atomic mass is 10.0. The number of sulfonamides is 1. The fourth-order valence-corrected chi connectivity index (χ4v) is 5.30. The Morgan fingerprint density at radius 2 is 1.96 bits per heavy atom. The van der Waals surface area contributed by atoms with Crippen molar-refractivity contribution in [1.82, 2.24) is 14.2 Å². The van der Waals surface area contributed by atoms with E-state index in [0.29, 0.717) is 31.0 Å². The van der Waals surface area contributed by atoms with E-state index in [-0.39, 0.29) is 23.9 Å². The van der Waals surface area contributed by atoms with Crippen LogP contribution in [-0.4, -0.2) is 53.7 Å². The lowest BCUT2D eigenvalue weighted by Gasteiger charge is -2.31. The van der Waals surface area contributed by atoms with Gasteiger partial charge in [-0.1, -0.05) is 18.2 Å². The molecular weight excluding hydrogens is 366 g/mol. The minimum absolute atomic E-state index is 0.0351. The zero-order chi connectivity index (χ0) is 19.1. The number of para-hydroxylation sites is 1. The summed E-state index contributed by atoms with van der Waals surface area (Å²) in [6.45, 7) is 2.76. The molecule has 1 atom stereocenters. The molecule has 7 nitrogen and oxygen atoms in total. The number of aromatic nitrogens is 1. The predicted molar refractivity (Wildman–Crippen MR) is 98.5 cm³/mol. The molecule has 3 heterocycles. The van der Waals surface area contributed by atoms with E-state index >= 15 is 0 Å². The summed E-state index contributed by atoms with van der Waals surface area (Å²) in [7, 11) is -3.75. The van der Waals surface area contributed by atoms with E-state index in [1.165, 1.54) is 11.2 Å². The van der Waals surface area contributed by atoms with Crippen molar-refractivity contribution in [3.63, 3.8) is 0 Å². The highest BCUT2D eigenvalue weighted by molar-refractivity contribution is 7.89. The second-order valence-corrected chi connectivity index (χ2v) is 8.92. The monoisotopic (exact) mass is 387 g/mol. The van der Waals surface area contributed by atoms with Crippen molar-refractivity contribution in [3.8, 4) is 5.75 Å². The molecule has 1 aromatic heterocycles. The van der Waals surface area contributed by atoms with Crippen LogP contribution < -0.4 is 4.74 Å². The first kappa shape index (κ1) is 17.9. The maximum atomic E-state index is 13.3. The molecule has 0 radical (unpaired) electrons. The van der Waals surface area contributed by atoms with Gasteiger partial charge in [-0.05, 0) is 24.3 Å². The maximum Gasteiger partial charge on any atom is 0.247 e. The van der Waals surface area contributed by atoms with Crippen molar-refractivity contribution >= 4 is 15.9 Å². The molecule has 0 N–H and O–H groups in total. The lowest BCUT2D eigenvalue weighted by molar-refractivity contribution is -0.128. The molecule has 2 aromatic rings. The van der Waals surface area contributed by atoms with Crippen molar-refractivity contribution in [3.05, 3.63) is 54.4 Å². The molecule has 2 aliphatic heterocycles. The van der Waals surface area contributed by atoms with E-state index in [0.717, 1.165) is 0 Å². The summed E-state index contributed by atoms with van der Waals surface area (Å²) in [6, 6.07) is 12.1. The molecule has 0 saturated carbocycles. The Bertz CT molecular complexity index is 964. The number of likely N-dealkylation sites (tertiary alicyclic amines) is 1. The Labute approximate surface area is 158 Å². The smallest absolute Gasteiger partial charge is 0.247 e. The van der Waals surface area contributed by atoms with Crippen LogP contribution in [0.25, 0.3) is 0 Å². The standard InChI is InChI=1S/C19H21N3O4S/c1-15(23)21-11-9-19(13-21)14-22(12-16-6-4-5-10-20-16)27(24,25)18-8-3-2-7-17(18)26-19/h2-8,10H,9,11-14H2,1H3. The molecule has 1 fully saturated rings. The summed E-state index contributed by atoms with van der Waals surface area (Å²) in [6.07, 6.45) is 2.22. The molecule has 1 aromatic carbocycles. The van der Waals surface area contributed by atoms with Gasteiger partial charge in [-0.2, -0.15) is 4.31 Å². The van der Waals surface area contributed by atoms with Gasteiger partial charge in [0.15, 0.2) is 0 Å². The Kier molecular flexibility index (Phi) is 4.39. The lowest BCUT2D eigenvalue weighted by Crippen LogP contribution is -2.49. The van der Waals surface area contributed by atoms with Crippen LogP contribution in [0.4, 0.5) is 0 Å². The second-order valence-electron chi connectivity index (χ2n) is 7.02. The summed E-state index contributed by atoms with van der Waals surface area (Å²) in [4.78, 5) is 18.0. The highest BCUT2D eigenvalue weighted by Gasteiger charge is 2.48. The van der Waals surface area contributed by atoms with Crippen molar-refractivity contribution in [2.45, 2.75) is 30.4 Å². The summed E-state index contributed by atoms with van der Waals surface area (Å²) < 4.78 is 34.3. The second kappa shape index (κ2) is 6.61. The maximum absolute atomic E-state index is 13.3. The SMILES string of the molecule is CC(=O)N1CCC2(C1)CN(Cc1ccccn1)S(=O)(=O)c1ccccc1O2. The van der Waals surface area contributed by atoms with Gasteiger partial charge < -0.3 is 9.64 Å². The number of ether oxygens (including phenoxy) is 1. The number of amides is 1. The predicted octanol–water partition coefficient (Wildman–Crippen LogP) is 1.66. The number of hydrogen-bond donors (Lipinski definition) is 0. The van der Waals surface area contributed by atoms with E-state index < -0.39 is 15.6 Å². The van der Waals surface area contributed by atoms with Crippen molar-refractivity contribution < 1.29 is 17.9 Å². The Balaban J connectivity index is 1.77. The third-order valence-corrected chi connectivity index (χ3v) is 6.92. The number of hydrogen-bond acceptors (Lipinski definition) is 5. The largest absolute Gasteiger partial charge is 0.483 e. The Hall–Kier alpha value is -2.45. The van der Waals surface area contributed by atoms with Crippen LogP contribution in [-0.2, 0) is 21.4 Å². The molecule has 1 spiro atoms. The van der Waals surface area contributed by atoms with Gasteiger partial charge in [0.2, 0.25) is 15.9 Å². The number of pyridine rings is 1. The summed E-state index contributed by atoms with van der Waals surface area (Å²) in [5.74, 6) is 0.304. The Morgan fingerprint density at radius 3 is 2.67 bits per heavy atom. The Morgan fingerprint density at radius 1 is 1.19 bits per heavy atom. The number of nitrogens with zero attached hydrogens (tertiary/aromatic N) is 3. The quantitative estimate of drug-likeness (QED) is 0.783. The van der Waals surface area contributed by atoms with Crippen LogP contribution >= 0.6 is 0 Å². The first-order chi connectivity index (χ1) is 12.9. The van der Waals surface area contributed by atoms with Crippen LogP contribution in [0.1, 0.15) is 19.0 Å². The average Bonchev–Trinajstić information content (AvgIpc) is 3.03. The normalized spacial score (nSPS) is 24.3. The van der Waals surface area contributed by atoms with Gasteiger partial charge in [0.25, 0.3) is 0 Å². The third-order valence-electron chi connectivity index (χ3n) is 5.08. The zero-order valence-corrected chi connectivity index (χ0v) is 15.9. The first-order valence-corrected chi connectivity index (χ1v) is 10.3. The van der Waals surface area contributed by atoms with Crippen molar-refractivity contribution in [2.75, 3.05) is 19.6 Å². The molecule has 4 rings (SSSR count). The molecule has 0 bridgehead atoms. The van der Waals surface area contributed by atoms with E-state index in [4.69, 9.17) is 4.74 Å². The molecular formula is C19H21N3O4S. The fraction of sp³-hybridized carbons (Fsp3) is 0.368. The van der Waals surface area contributed by atoms with Crippen LogP contribution in [0, 0.1) is 0 Å². The van der Waals surface area contributed by atoms with Gasteiger partial charge >= 0.3 is 0 Å². The molecule has 0 aliphatic carbocycles. The number of rotatable bonds is 2. The molecule has 2 aliphatic rings. The van der Waals surface area contributed by atoms with Crippen LogP contribution in [0.15, 0.2) is 53.6 Å². The third kappa shape index (κ3) is 3.30. The van der Waals surface area contributed by atoms with Gasteiger partial charge in [-0.15, -0.1) is 0 Å². The van der Waals surface area contributed by atoms with Gasteiger partial charge in [-0.3, -0.25) is 9.78 Å². The van der Waals surface area contributed by atoms with Gasteiger partial charge in [-0.25, -0.2) is 8.42 Å². The summed E-state index contributed by atoms with van der Waals surface area (Å²) in [5.41, 5.74) is -0.0999. The molecule has 1 amide bonds. The van der Waals surface area contributed by atoms with E-state index in [2.05, 4.69) is 4.98 Å². The minimum Gasteiger partial charge on any atom is -0.483 e. The van der Waals surface area contributed by atoms with Gasteiger partial charge in [0.1, 0.15) is 16.2 Å². The summed E-state index contributed by atoms with van der Waals surface area (Å²) in [5, 5.41) is 0. The highest BCUT2D eigenvalue weighted by Crippen LogP contribution is 2.38. The van der Waals surface area contributed by atoms with Crippen molar-refractivity contribution in [2.24, 2.45) is 0 Å². The van der Waals surface area contributed by atoms with Gasteiger partial charge in [0.05, 0.1) is 25.3 Å². The first-order valence-electron chi connectivity index (χ1n) is 8.83. The van der Waals surface area contributed by atoms with Gasteiger partial charge in [0, 0.05) is 26.1 Å². The summed E-state index contributed by atoms with van der Waals surface area (Å²) >= 11 is 0. The zero-order valence-electron chi connectivity index (χ0n) is 15.0.